The number of fused-ring (bicyclic) bond motifs is 1. The Kier molecular flexibility index (Phi) is 6.85. The molecule has 1 unspecified atom stereocenters. The predicted molar refractivity (Wildman–Crippen MR) is 132 cm³/mol. The van der Waals surface area contributed by atoms with Crippen molar-refractivity contribution >= 4 is 40.3 Å². The van der Waals surface area contributed by atoms with Gasteiger partial charge in [0.1, 0.15) is 17.9 Å². The maximum atomic E-state index is 14.1. The molecule has 2 saturated carbocycles. The van der Waals surface area contributed by atoms with Gasteiger partial charge in [-0.25, -0.2) is 4.39 Å². The molecular weight excluding hydrogens is 552 g/mol. The van der Waals surface area contributed by atoms with E-state index in [1.807, 2.05) is 34.7 Å². The maximum absolute atomic E-state index is 14.1. The first-order chi connectivity index (χ1) is 16.3. The largest absolute Gasteiger partial charge is 0.489 e. The van der Waals surface area contributed by atoms with Gasteiger partial charge in [-0.3, -0.25) is 19.7 Å². The third-order valence-corrected chi connectivity index (χ3v) is 8.82. The van der Waals surface area contributed by atoms with E-state index in [0.717, 1.165) is 50.0 Å². The van der Waals surface area contributed by atoms with Crippen LogP contribution in [0, 0.1) is 5.92 Å². The van der Waals surface area contributed by atoms with Crippen LogP contribution in [-0.2, 0) is 16.1 Å². The molecule has 34 heavy (non-hydrogen) atoms. The van der Waals surface area contributed by atoms with E-state index in [2.05, 4.69) is 10.6 Å². The van der Waals surface area contributed by atoms with Crippen LogP contribution in [0.4, 0.5) is 4.39 Å². The molecule has 2 heterocycles. The van der Waals surface area contributed by atoms with Crippen LogP contribution in [-0.4, -0.2) is 51.0 Å². The number of amides is 3. The first-order valence-electron chi connectivity index (χ1n) is 12.3. The summed E-state index contributed by atoms with van der Waals surface area (Å²) >= 11 is 1.95. The van der Waals surface area contributed by atoms with Gasteiger partial charge in [0.25, 0.3) is 5.91 Å². The van der Waals surface area contributed by atoms with E-state index in [1.54, 1.807) is 11.0 Å². The summed E-state index contributed by atoms with van der Waals surface area (Å²) in [5.74, 6) is 0.393. The fraction of sp³-hybridized carbons (Fsp3) is 0.640. The molecule has 0 radical (unpaired) electrons. The summed E-state index contributed by atoms with van der Waals surface area (Å²) in [7, 11) is 0. The maximum Gasteiger partial charge on any atom is 0.255 e. The lowest BCUT2D eigenvalue weighted by Gasteiger charge is -2.31. The number of nitrogens with zero attached hydrogens (tertiary/aromatic N) is 1. The minimum Gasteiger partial charge on any atom is -0.489 e. The zero-order valence-corrected chi connectivity index (χ0v) is 21.3. The van der Waals surface area contributed by atoms with Gasteiger partial charge in [0.15, 0.2) is 3.68 Å². The molecule has 0 spiro atoms. The van der Waals surface area contributed by atoms with Crippen LogP contribution in [0.2, 0.25) is 0 Å². The van der Waals surface area contributed by atoms with Crippen LogP contribution in [0.1, 0.15) is 73.7 Å². The van der Waals surface area contributed by atoms with Crippen LogP contribution in [0.15, 0.2) is 18.2 Å². The van der Waals surface area contributed by atoms with Crippen LogP contribution in [0.3, 0.4) is 0 Å². The van der Waals surface area contributed by atoms with Gasteiger partial charge in [0.2, 0.25) is 11.8 Å². The topological polar surface area (TPSA) is 87.7 Å². The Morgan fingerprint density at radius 2 is 1.94 bits per heavy atom. The van der Waals surface area contributed by atoms with Gasteiger partial charge in [-0.05, 0) is 110 Å². The van der Waals surface area contributed by atoms with Crippen molar-refractivity contribution in [1.29, 1.82) is 0 Å². The van der Waals surface area contributed by atoms with Gasteiger partial charge in [-0.1, -0.05) is 0 Å². The summed E-state index contributed by atoms with van der Waals surface area (Å²) < 4.78 is 19.4. The first-order valence-corrected chi connectivity index (χ1v) is 13.4. The molecule has 1 aromatic carbocycles. The van der Waals surface area contributed by atoms with Crippen LogP contribution in [0.5, 0.6) is 5.75 Å². The SMILES string of the molecule is O=C1CCC(N2Cc3cc(O[C@@H]4CCC[C@H]4NCC4CCC(F)(I)CC4)ccc3C2=O)C(=O)N1. The van der Waals surface area contributed by atoms with Crippen molar-refractivity contribution in [2.24, 2.45) is 5.92 Å². The summed E-state index contributed by atoms with van der Waals surface area (Å²) in [5, 5.41) is 6.02. The molecule has 184 valence electrons. The lowest BCUT2D eigenvalue weighted by Crippen LogP contribution is -2.52. The quantitative estimate of drug-likeness (QED) is 0.304. The predicted octanol–water partition coefficient (Wildman–Crippen LogP) is 3.63. The Labute approximate surface area is 212 Å². The Balaban J connectivity index is 1.18. The number of carbonyl (C=O) groups is 3. The highest BCUT2D eigenvalue weighted by Crippen LogP contribution is 2.40. The smallest absolute Gasteiger partial charge is 0.255 e. The number of halogens is 2. The van der Waals surface area contributed by atoms with Crippen LogP contribution >= 0.6 is 22.6 Å². The minimum absolute atomic E-state index is 0.0647. The molecule has 0 bridgehead atoms. The van der Waals surface area contributed by atoms with Crippen molar-refractivity contribution in [3.05, 3.63) is 29.3 Å². The molecule has 2 N–H and O–H groups in total. The van der Waals surface area contributed by atoms with Crippen molar-refractivity contribution in [2.45, 2.75) is 86.2 Å². The monoisotopic (exact) mass is 583 g/mol. The van der Waals surface area contributed by atoms with Gasteiger partial charge in [0.05, 0.1) is 0 Å². The van der Waals surface area contributed by atoms with Crippen LogP contribution in [0.25, 0.3) is 0 Å². The molecule has 9 heteroatoms. The molecule has 3 atom stereocenters. The molecule has 3 amide bonds. The van der Waals surface area contributed by atoms with E-state index >= 15 is 0 Å². The van der Waals surface area contributed by atoms with E-state index in [1.165, 1.54) is 0 Å². The zero-order valence-electron chi connectivity index (χ0n) is 19.2. The summed E-state index contributed by atoms with van der Waals surface area (Å²) in [6, 6.07) is 5.19. The first kappa shape index (κ1) is 24.0. The second-order valence-corrected chi connectivity index (χ2v) is 12.1. The van der Waals surface area contributed by atoms with Gasteiger partial charge in [-0.2, -0.15) is 0 Å². The highest BCUT2D eigenvalue weighted by atomic mass is 127. The standard InChI is InChI=1S/C25H31FIN3O4/c26-25(27)10-8-15(9-11-25)13-28-19-2-1-3-21(19)34-17-4-5-18-16(12-17)14-30(24(18)33)20-6-7-22(31)29-23(20)32/h4-5,12,15,19-21,28H,1-3,6-11,13-14H2,(H,29,31,32)/t15?,19-,20?,21-,25?/m1/s1. The molecular formula is C25H31FIN3O4. The van der Waals surface area contributed by atoms with Crippen molar-refractivity contribution in [3.8, 4) is 5.75 Å². The van der Waals surface area contributed by atoms with E-state index < -0.39 is 15.6 Å². The molecule has 0 aromatic heterocycles. The average Bonchev–Trinajstić information content (AvgIpc) is 3.37. The number of ether oxygens (including phenoxy) is 1. The fourth-order valence-electron chi connectivity index (χ4n) is 5.72. The second kappa shape index (κ2) is 9.72. The number of alkyl halides is 2. The van der Waals surface area contributed by atoms with Crippen LogP contribution < -0.4 is 15.4 Å². The molecule has 1 aromatic rings. The number of rotatable bonds is 6. The summed E-state index contributed by atoms with van der Waals surface area (Å²) in [6.07, 6.45) is 6.91. The Hall–Kier alpha value is -1.75. The summed E-state index contributed by atoms with van der Waals surface area (Å²) in [5.41, 5.74) is 1.44. The molecule has 4 aliphatic rings. The number of imide groups is 1. The third kappa shape index (κ3) is 5.10. The van der Waals surface area contributed by atoms with Gasteiger partial charge >= 0.3 is 0 Å². The Bertz CT molecular complexity index is 977. The van der Waals surface area contributed by atoms with E-state index in [9.17, 15) is 18.8 Å². The van der Waals surface area contributed by atoms with Crippen molar-refractivity contribution < 1.29 is 23.5 Å². The van der Waals surface area contributed by atoms with Crippen molar-refractivity contribution in [1.82, 2.24) is 15.5 Å². The highest BCUT2D eigenvalue weighted by molar-refractivity contribution is 14.1. The fourth-order valence-corrected chi connectivity index (χ4v) is 6.34. The van der Waals surface area contributed by atoms with E-state index in [-0.39, 0.29) is 30.4 Å². The Morgan fingerprint density at radius 3 is 2.71 bits per heavy atom. The summed E-state index contributed by atoms with van der Waals surface area (Å²) in [6.45, 7) is 1.25. The van der Waals surface area contributed by atoms with Gasteiger partial charge in [-0.15, -0.1) is 0 Å². The number of benzene rings is 1. The summed E-state index contributed by atoms with van der Waals surface area (Å²) in [4.78, 5) is 38.2. The molecule has 5 rings (SSSR count). The Morgan fingerprint density at radius 1 is 1.15 bits per heavy atom. The van der Waals surface area contributed by atoms with Gasteiger partial charge in [0, 0.05) is 24.6 Å². The van der Waals surface area contributed by atoms with Gasteiger partial charge < -0.3 is 15.0 Å². The zero-order chi connectivity index (χ0) is 23.9. The number of carbonyl (C=O) groups excluding carboxylic acids is 3. The number of hydrogen-bond acceptors (Lipinski definition) is 5. The molecule has 1 saturated heterocycles. The lowest BCUT2D eigenvalue weighted by molar-refractivity contribution is -0.136. The highest BCUT2D eigenvalue weighted by Gasteiger charge is 2.39. The molecule has 2 aliphatic carbocycles. The normalized spacial score (nSPS) is 33.7. The van der Waals surface area contributed by atoms with Crippen molar-refractivity contribution in [2.75, 3.05) is 6.54 Å². The second-order valence-electron chi connectivity index (χ2n) is 10.1. The average molecular weight is 583 g/mol. The van der Waals surface area contributed by atoms with Crippen molar-refractivity contribution in [3.63, 3.8) is 0 Å². The molecule has 7 nitrogen and oxygen atoms in total. The number of piperidine rings is 1. The molecule has 3 fully saturated rings. The number of hydrogen-bond donors (Lipinski definition) is 2. The lowest BCUT2D eigenvalue weighted by atomic mass is 9.88. The minimum atomic E-state index is -1.03. The molecule has 2 aliphatic heterocycles. The number of nitrogens with one attached hydrogen (secondary N) is 2. The third-order valence-electron chi connectivity index (χ3n) is 7.74. The van der Waals surface area contributed by atoms with E-state index in [4.69, 9.17) is 4.74 Å². The van der Waals surface area contributed by atoms with E-state index in [0.29, 0.717) is 37.3 Å².